The summed E-state index contributed by atoms with van der Waals surface area (Å²) in [5, 5.41) is 18.3. The van der Waals surface area contributed by atoms with Gasteiger partial charge in [-0.2, -0.15) is 0 Å². The third kappa shape index (κ3) is 2.25. The van der Waals surface area contributed by atoms with Crippen molar-refractivity contribution in [3.63, 3.8) is 0 Å². The van der Waals surface area contributed by atoms with Gasteiger partial charge in [-0.05, 0) is 30.2 Å². The molecule has 0 radical (unpaired) electrons. The average molecular weight is 274 g/mol. The van der Waals surface area contributed by atoms with Crippen LogP contribution in [-0.4, -0.2) is 22.2 Å². The van der Waals surface area contributed by atoms with E-state index in [0.717, 1.165) is 0 Å². The van der Waals surface area contributed by atoms with Crippen molar-refractivity contribution in [3.05, 3.63) is 58.9 Å². The molecule has 0 unspecified atom stereocenters. The van der Waals surface area contributed by atoms with Crippen LogP contribution in [-0.2, 0) is 0 Å². The zero-order chi connectivity index (χ0) is 14.9. The van der Waals surface area contributed by atoms with Gasteiger partial charge >= 0.3 is 11.9 Å². The predicted molar refractivity (Wildman–Crippen MR) is 70.5 cm³/mol. The van der Waals surface area contributed by atoms with Gasteiger partial charge in [-0.25, -0.2) is 14.0 Å². The molecule has 2 aromatic rings. The van der Waals surface area contributed by atoms with Crippen LogP contribution in [0.3, 0.4) is 0 Å². The van der Waals surface area contributed by atoms with Crippen molar-refractivity contribution in [1.29, 1.82) is 0 Å². The van der Waals surface area contributed by atoms with Crippen molar-refractivity contribution in [3.8, 4) is 11.1 Å². The Kier molecular flexibility index (Phi) is 3.52. The maximum atomic E-state index is 13.8. The van der Waals surface area contributed by atoms with E-state index in [1.165, 1.54) is 37.3 Å². The molecule has 102 valence electrons. The zero-order valence-corrected chi connectivity index (χ0v) is 10.6. The topological polar surface area (TPSA) is 74.6 Å². The Morgan fingerprint density at radius 2 is 1.60 bits per heavy atom. The number of carboxylic acid groups (broad SMARTS) is 2. The molecule has 0 saturated heterocycles. The summed E-state index contributed by atoms with van der Waals surface area (Å²) in [7, 11) is 0. The Bertz CT molecular complexity index is 707. The lowest BCUT2D eigenvalue weighted by molar-refractivity contribution is 0.0696. The van der Waals surface area contributed by atoms with Gasteiger partial charge in [0.25, 0.3) is 0 Å². The highest BCUT2D eigenvalue weighted by atomic mass is 19.1. The number of carboxylic acids is 2. The van der Waals surface area contributed by atoms with Gasteiger partial charge in [-0.15, -0.1) is 0 Å². The molecule has 0 aromatic heterocycles. The quantitative estimate of drug-likeness (QED) is 0.901. The predicted octanol–water partition coefficient (Wildman–Crippen LogP) is 3.20. The molecule has 0 saturated carbocycles. The average Bonchev–Trinajstić information content (AvgIpc) is 2.38. The maximum Gasteiger partial charge on any atom is 0.336 e. The Hall–Kier alpha value is -2.69. The van der Waals surface area contributed by atoms with Crippen LogP contribution in [0, 0.1) is 12.7 Å². The van der Waals surface area contributed by atoms with Gasteiger partial charge in [0.1, 0.15) is 5.82 Å². The van der Waals surface area contributed by atoms with Gasteiger partial charge in [0.05, 0.1) is 11.1 Å². The Labute approximate surface area is 114 Å². The summed E-state index contributed by atoms with van der Waals surface area (Å²) >= 11 is 0. The van der Waals surface area contributed by atoms with Crippen LogP contribution < -0.4 is 0 Å². The first kappa shape index (κ1) is 13.7. The number of benzene rings is 2. The first-order valence-corrected chi connectivity index (χ1v) is 5.78. The van der Waals surface area contributed by atoms with Crippen LogP contribution in [0.4, 0.5) is 4.39 Å². The van der Waals surface area contributed by atoms with Crippen molar-refractivity contribution in [2.45, 2.75) is 6.92 Å². The fourth-order valence-corrected chi connectivity index (χ4v) is 2.12. The molecular weight excluding hydrogens is 263 g/mol. The van der Waals surface area contributed by atoms with Crippen molar-refractivity contribution < 1.29 is 24.2 Å². The zero-order valence-electron chi connectivity index (χ0n) is 10.6. The summed E-state index contributed by atoms with van der Waals surface area (Å²) in [4.78, 5) is 22.4. The largest absolute Gasteiger partial charge is 0.478 e. The molecule has 5 heteroatoms. The molecule has 2 N–H and O–H groups in total. The fourth-order valence-electron chi connectivity index (χ4n) is 2.12. The minimum Gasteiger partial charge on any atom is -0.478 e. The van der Waals surface area contributed by atoms with Gasteiger partial charge < -0.3 is 10.2 Å². The summed E-state index contributed by atoms with van der Waals surface area (Å²) in [5.41, 5.74) is 0.0891. The Balaban J connectivity index is 2.79. The van der Waals surface area contributed by atoms with E-state index in [9.17, 15) is 19.1 Å². The Morgan fingerprint density at radius 1 is 0.950 bits per heavy atom. The highest BCUT2D eigenvalue weighted by molar-refractivity contribution is 6.02. The number of rotatable bonds is 3. The fraction of sp³-hybridized carbons (Fsp3) is 0.0667. The number of hydrogen-bond acceptors (Lipinski definition) is 2. The van der Waals surface area contributed by atoms with Crippen LogP contribution in [0.25, 0.3) is 11.1 Å². The van der Waals surface area contributed by atoms with Crippen molar-refractivity contribution in [2.24, 2.45) is 0 Å². The molecule has 0 heterocycles. The summed E-state index contributed by atoms with van der Waals surface area (Å²) in [5.74, 6) is -3.06. The van der Waals surface area contributed by atoms with Gasteiger partial charge in [0.2, 0.25) is 0 Å². The van der Waals surface area contributed by atoms with Crippen LogP contribution in [0.5, 0.6) is 0 Å². The SMILES string of the molecule is Cc1c(C(=O)O)ccc(-c2ccccc2F)c1C(=O)O. The molecule has 0 aliphatic carbocycles. The van der Waals surface area contributed by atoms with Crippen LogP contribution in [0.15, 0.2) is 36.4 Å². The lowest BCUT2D eigenvalue weighted by Gasteiger charge is -2.12. The standard InChI is InChI=1S/C15H11FO4/c1-8-9(14(17)18)6-7-11(13(8)15(19)20)10-4-2-3-5-12(10)16/h2-7H,1H3,(H,17,18)(H,19,20). The van der Waals surface area contributed by atoms with E-state index in [-0.39, 0.29) is 27.8 Å². The van der Waals surface area contributed by atoms with Crippen molar-refractivity contribution in [1.82, 2.24) is 0 Å². The summed E-state index contributed by atoms with van der Waals surface area (Å²) in [6.07, 6.45) is 0. The first-order chi connectivity index (χ1) is 9.43. The second-order valence-electron chi connectivity index (χ2n) is 4.25. The highest BCUT2D eigenvalue weighted by Gasteiger charge is 2.21. The molecule has 2 rings (SSSR count). The van der Waals surface area contributed by atoms with E-state index < -0.39 is 17.8 Å². The molecular formula is C15H11FO4. The van der Waals surface area contributed by atoms with Gasteiger partial charge in [-0.1, -0.05) is 24.3 Å². The number of hydrogen-bond donors (Lipinski definition) is 2. The molecule has 0 aliphatic rings. The molecule has 0 spiro atoms. The first-order valence-electron chi connectivity index (χ1n) is 5.78. The number of carbonyl (C=O) groups is 2. The van der Waals surface area contributed by atoms with Crippen molar-refractivity contribution in [2.75, 3.05) is 0 Å². The third-order valence-corrected chi connectivity index (χ3v) is 3.07. The van der Waals surface area contributed by atoms with Crippen LogP contribution in [0.2, 0.25) is 0 Å². The summed E-state index contributed by atoms with van der Waals surface area (Å²) < 4.78 is 13.8. The minimum atomic E-state index is -1.29. The molecule has 0 amide bonds. The molecule has 0 bridgehead atoms. The van der Waals surface area contributed by atoms with Crippen molar-refractivity contribution >= 4 is 11.9 Å². The van der Waals surface area contributed by atoms with Crippen LogP contribution >= 0.6 is 0 Å². The van der Waals surface area contributed by atoms with E-state index in [0.29, 0.717) is 0 Å². The molecule has 4 nitrogen and oxygen atoms in total. The molecule has 2 aromatic carbocycles. The highest BCUT2D eigenvalue weighted by Crippen LogP contribution is 2.30. The number of aromatic carboxylic acids is 2. The van der Waals surface area contributed by atoms with E-state index in [1.807, 2.05) is 0 Å². The lowest BCUT2D eigenvalue weighted by atomic mass is 9.92. The van der Waals surface area contributed by atoms with Gasteiger partial charge in [-0.3, -0.25) is 0 Å². The van der Waals surface area contributed by atoms with E-state index in [1.54, 1.807) is 6.07 Å². The summed E-state index contributed by atoms with van der Waals surface area (Å²) in [6.45, 7) is 1.40. The normalized spacial score (nSPS) is 10.3. The Morgan fingerprint density at radius 3 is 2.15 bits per heavy atom. The third-order valence-electron chi connectivity index (χ3n) is 3.07. The molecule has 0 aliphatic heterocycles. The lowest BCUT2D eigenvalue weighted by Crippen LogP contribution is -2.09. The number of halogens is 1. The molecule has 20 heavy (non-hydrogen) atoms. The molecule has 0 atom stereocenters. The van der Waals surface area contributed by atoms with Gasteiger partial charge in [0, 0.05) is 5.56 Å². The molecule has 0 fully saturated rings. The van der Waals surface area contributed by atoms with E-state index in [2.05, 4.69) is 0 Å². The van der Waals surface area contributed by atoms with Gasteiger partial charge in [0.15, 0.2) is 0 Å². The minimum absolute atomic E-state index is 0.103. The monoisotopic (exact) mass is 274 g/mol. The second-order valence-corrected chi connectivity index (χ2v) is 4.25. The second kappa shape index (κ2) is 5.13. The maximum absolute atomic E-state index is 13.8. The van der Waals surface area contributed by atoms with Crippen LogP contribution in [0.1, 0.15) is 26.3 Å². The smallest absolute Gasteiger partial charge is 0.336 e. The van der Waals surface area contributed by atoms with E-state index >= 15 is 0 Å². The summed E-state index contributed by atoms with van der Waals surface area (Å²) in [6, 6.07) is 8.37. The van der Waals surface area contributed by atoms with E-state index in [4.69, 9.17) is 5.11 Å².